The Bertz CT molecular complexity index is 415. The quantitative estimate of drug-likeness (QED) is 0.598. The fraction of sp³-hybridized carbons (Fsp3) is 0.111. The first kappa shape index (κ1) is 12.0. The van der Waals surface area contributed by atoms with Gasteiger partial charge in [0.25, 0.3) is 0 Å². The second kappa shape index (κ2) is 4.65. The third kappa shape index (κ3) is 3.26. The van der Waals surface area contributed by atoms with E-state index in [0.29, 0.717) is 0 Å². The Labute approximate surface area is 88.4 Å². The van der Waals surface area contributed by atoms with Crippen LogP contribution in [0.5, 0.6) is 5.75 Å². The first-order valence-electron chi connectivity index (χ1n) is 4.09. The van der Waals surface area contributed by atoms with E-state index >= 15 is 0 Å². The lowest BCUT2D eigenvalue weighted by Crippen LogP contribution is -2.33. The average Bonchev–Trinajstić information content (AvgIpc) is 2.19. The molecular weight excluding hydrogens is 225 g/mol. The number of amides is 1. The third-order valence-corrected chi connectivity index (χ3v) is 1.56. The van der Waals surface area contributed by atoms with Gasteiger partial charge in [-0.3, -0.25) is 4.79 Å². The summed E-state index contributed by atoms with van der Waals surface area (Å²) in [6.45, 7) is 0. The van der Waals surface area contributed by atoms with Crippen molar-refractivity contribution in [3.63, 3.8) is 0 Å². The molecule has 2 N–H and O–H groups in total. The maximum atomic E-state index is 11.7. The highest BCUT2D eigenvalue weighted by molar-refractivity contribution is 5.86. The van der Waals surface area contributed by atoms with Gasteiger partial charge < -0.3 is 5.11 Å². The van der Waals surface area contributed by atoms with Crippen molar-refractivity contribution in [3.8, 4) is 5.75 Å². The van der Waals surface area contributed by atoms with Gasteiger partial charge in [0, 0.05) is 5.56 Å². The van der Waals surface area contributed by atoms with E-state index in [1.807, 2.05) is 0 Å². The van der Waals surface area contributed by atoms with E-state index in [1.165, 1.54) is 17.6 Å². The maximum absolute atomic E-state index is 11.7. The predicted molar refractivity (Wildman–Crippen MR) is 49.9 cm³/mol. The highest BCUT2D eigenvalue weighted by Crippen LogP contribution is 2.14. The zero-order chi connectivity index (χ0) is 12.2. The molecule has 0 aliphatic carbocycles. The third-order valence-electron chi connectivity index (χ3n) is 1.56. The summed E-state index contributed by atoms with van der Waals surface area (Å²) in [5.41, 5.74) is 1.49. The lowest BCUT2D eigenvalue weighted by molar-refractivity contribution is -0.173. The Morgan fingerprint density at radius 2 is 2.00 bits per heavy atom. The summed E-state index contributed by atoms with van der Waals surface area (Å²) in [5, 5.41) is 12.3. The fourth-order valence-electron chi connectivity index (χ4n) is 0.821. The van der Waals surface area contributed by atoms with Crippen LogP contribution in [0.4, 0.5) is 13.2 Å². The van der Waals surface area contributed by atoms with Gasteiger partial charge in [-0.25, -0.2) is 5.43 Å². The van der Waals surface area contributed by atoms with Crippen LogP contribution in [-0.4, -0.2) is 23.4 Å². The van der Waals surface area contributed by atoms with Crippen molar-refractivity contribution in [1.29, 1.82) is 0 Å². The SMILES string of the molecule is O=C(N/N=C\c1ccccc1O)C(F)(F)F. The molecule has 1 aromatic rings. The number of hydrogen-bond donors (Lipinski definition) is 2. The summed E-state index contributed by atoms with van der Waals surface area (Å²) in [5.74, 6) is -2.31. The Balaban J connectivity index is 2.63. The molecule has 0 fully saturated rings. The number of alkyl halides is 3. The predicted octanol–water partition coefficient (Wildman–Crippen LogP) is 1.40. The Morgan fingerprint density at radius 3 is 2.56 bits per heavy atom. The monoisotopic (exact) mass is 232 g/mol. The first-order chi connectivity index (χ1) is 7.41. The molecule has 0 saturated heterocycles. The standard InChI is InChI=1S/C9H7F3N2O2/c10-9(11,12)8(16)14-13-5-6-3-1-2-4-7(6)15/h1-5,15H,(H,14,16)/b13-5-. The highest BCUT2D eigenvalue weighted by atomic mass is 19.4. The summed E-state index contributed by atoms with van der Waals surface area (Å²) >= 11 is 0. The topological polar surface area (TPSA) is 61.7 Å². The van der Waals surface area contributed by atoms with Crippen molar-refractivity contribution in [2.75, 3.05) is 0 Å². The summed E-state index contributed by atoms with van der Waals surface area (Å²) in [7, 11) is 0. The van der Waals surface area contributed by atoms with Gasteiger partial charge in [0.2, 0.25) is 0 Å². The Kier molecular flexibility index (Phi) is 3.49. The summed E-state index contributed by atoms with van der Waals surface area (Å²) in [4.78, 5) is 10.3. The van der Waals surface area contributed by atoms with E-state index in [-0.39, 0.29) is 11.3 Å². The number of hydrazone groups is 1. The van der Waals surface area contributed by atoms with Crippen molar-refractivity contribution >= 4 is 12.1 Å². The molecule has 0 spiro atoms. The van der Waals surface area contributed by atoms with Gasteiger partial charge in [0.05, 0.1) is 6.21 Å². The smallest absolute Gasteiger partial charge is 0.473 e. The molecule has 16 heavy (non-hydrogen) atoms. The van der Waals surface area contributed by atoms with Crippen molar-refractivity contribution in [2.24, 2.45) is 5.10 Å². The molecule has 0 unspecified atom stereocenters. The molecular formula is C9H7F3N2O2. The van der Waals surface area contributed by atoms with Crippen molar-refractivity contribution in [1.82, 2.24) is 5.43 Å². The van der Waals surface area contributed by atoms with Crippen LogP contribution in [0.15, 0.2) is 29.4 Å². The number of hydrogen-bond acceptors (Lipinski definition) is 3. The van der Waals surface area contributed by atoms with Crippen LogP contribution >= 0.6 is 0 Å². The molecule has 0 aliphatic rings. The van der Waals surface area contributed by atoms with Gasteiger partial charge >= 0.3 is 12.1 Å². The zero-order valence-electron chi connectivity index (χ0n) is 7.82. The Morgan fingerprint density at radius 1 is 1.38 bits per heavy atom. The molecule has 1 amide bonds. The normalized spacial score (nSPS) is 11.7. The van der Waals surface area contributed by atoms with Crippen LogP contribution in [0, 0.1) is 0 Å². The molecule has 86 valence electrons. The number of nitrogens with one attached hydrogen (secondary N) is 1. The molecule has 0 atom stereocenters. The van der Waals surface area contributed by atoms with Crippen LogP contribution in [0.2, 0.25) is 0 Å². The number of phenols is 1. The van der Waals surface area contributed by atoms with E-state index in [9.17, 15) is 23.1 Å². The number of phenolic OH excluding ortho intramolecular Hbond substituents is 1. The number of carbonyl (C=O) groups excluding carboxylic acids is 1. The fourth-order valence-corrected chi connectivity index (χ4v) is 0.821. The second-order valence-corrected chi connectivity index (χ2v) is 2.76. The molecule has 0 bridgehead atoms. The number of rotatable bonds is 2. The number of para-hydroxylation sites is 1. The van der Waals surface area contributed by atoms with E-state index in [0.717, 1.165) is 6.21 Å². The number of aromatic hydroxyl groups is 1. The van der Waals surface area contributed by atoms with E-state index in [2.05, 4.69) is 5.10 Å². The number of nitrogens with zero attached hydrogens (tertiary/aromatic N) is 1. The van der Waals surface area contributed by atoms with Crippen molar-refractivity contribution < 1.29 is 23.1 Å². The molecule has 0 aliphatic heterocycles. The van der Waals surface area contributed by atoms with Gasteiger partial charge in [-0.1, -0.05) is 12.1 Å². The van der Waals surface area contributed by atoms with E-state index in [1.54, 1.807) is 12.1 Å². The maximum Gasteiger partial charge on any atom is 0.473 e. The van der Waals surface area contributed by atoms with Crippen LogP contribution in [0.1, 0.15) is 5.56 Å². The summed E-state index contributed by atoms with van der Waals surface area (Å²) in [6, 6.07) is 5.87. The summed E-state index contributed by atoms with van der Waals surface area (Å²) in [6.07, 6.45) is -4.06. The number of benzene rings is 1. The molecule has 0 radical (unpaired) electrons. The molecule has 4 nitrogen and oxygen atoms in total. The molecule has 0 heterocycles. The lowest BCUT2D eigenvalue weighted by atomic mass is 10.2. The highest BCUT2D eigenvalue weighted by Gasteiger charge is 2.38. The van der Waals surface area contributed by atoms with Crippen LogP contribution < -0.4 is 5.43 Å². The van der Waals surface area contributed by atoms with Gasteiger partial charge in [0.15, 0.2) is 0 Å². The minimum Gasteiger partial charge on any atom is -0.507 e. The van der Waals surface area contributed by atoms with E-state index in [4.69, 9.17) is 0 Å². The molecule has 1 rings (SSSR count). The Hall–Kier alpha value is -2.05. The average molecular weight is 232 g/mol. The molecule has 1 aromatic carbocycles. The number of halogens is 3. The van der Waals surface area contributed by atoms with Crippen molar-refractivity contribution in [3.05, 3.63) is 29.8 Å². The van der Waals surface area contributed by atoms with Crippen LogP contribution in [0.3, 0.4) is 0 Å². The lowest BCUT2D eigenvalue weighted by Gasteiger charge is -2.02. The van der Waals surface area contributed by atoms with Gasteiger partial charge in [-0.2, -0.15) is 18.3 Å². The number of carbonyl (C=O) groups is 1. The molecule has 0 aromatic heterocycles. The van der Waals surface area contributed by atoms with Crippen LogP contribution in [-0.2, 0) is 4.79 Å². The summed E-state index contributed by atoms with van der Waals surface area (Å²) < 4.78 is 35.2. The second-order valence-electron chi connectivity index (χ2n) is 2.76. The zero-order valence-corrected chi connectivity index (χ0v) is 7.82. The minimum atomic E-state index is -4.98. The minimum absolute atomic E-state index is 0.146. The van der Waals surface area contributed by atoms with Gasteiger partial charge in [-0.15, -0.1) is 0 Å². The van der Waals surface area contributed by atoms with E-state index < -0.39 is 12.1 Å². The molecule has 0 saturated carbocycles. The molecule has 7 heteroatoms. The van der Waals surface area contributed by atoms with Crippen LogP contribution in [0.25, 0.3) is 0 Å². The van der Waals surface area contributed by atoms with Gasteiger partial charge in [-0.05, 0) is 12.1 Å². The van der Waals surface area contributed by atoms with Gasteiger partial charge in [0.1, 0.15) is 5.75 Å². The largest absolute Gasteiger partial charge is 0.507 e. The first-order valence-corrected chi connectivity index (χ1v) is 4.09. The van der Waals surface area contributed by atoms with Crippen molar-refractivity contribution in [2.45, 2.75) is 6.18 Å².